The Morgan fingerprint density at radius 2 is 1.92 bits per heavy atom. The monoisotopic (exact) mass is 495 g/mol. The predicted molar refractivity (Wildman–Crippen MR) is 134 cm³/mol. The van der Waals surface area contributed by atoms with Crippen LogP contribution < -0.4 is 9.47 Å². The van der Waals surface area contributed by atoms with Crippen LogP contribution in [0.5, 0.6) is 17.2 Å². The lowest BCUT2D eigenvalue weighted by atomic mass is 9.94. The normalized spacial score (nSPS) is 21.4. The third kappa shape index (κ3) is 5.04. The second-order valence-electron chi connectivity index (χ2n) is 9.70. The molecule has 2 saturated heterocycles. The number of aliphatic hydroxyl groups is 1. The highest BCUT2D eigenvalue weighted by Crippen LogP contribution is 2.42. The summed E-state index contributed by atoms with van der Waals surface area (Å²) in [5.41, 5.74) is 1.66. The summed E-state index contributed by atoms with van der Waals surface area (Å²) in [6, 6.07) is 8.99. The highest BCUT2D eigenvalue weighted by atomic mass is 16.5. The standard InChI is InChI=1S/C28H33NO7/c1-16(2)15-36-22-9-8-19(12-17(22)3)26(31)24-25(18-7-10-23(34-4)21(30)13-18)29(28(33)27(24)32)14-20-6-5-11-35-20/h7-10,12-13,16,20,25,30-31H,5-6,11,14-15H2,1-4H3/b26-24-. The molecule has 2 heterocycles. The zero-order chi connectivity index (χ0) is 26.0. The lowest BCUT2D eigenvalue weighted by molar-refractivity contribution is -0.140. The molecule has 2 fully saturated rings. The zero-order valence-electron chi connectivity index (χ0n) is 21.1. The van der Waals surface area contributed by atoms with Crippen LogP contribution in [0.2, 0.25) is 0 Å². The molecule has 0 aromatic heterocycles. The lowest BCUT2D eigenvalue weighted by Crippen LogP contribution is -2.36. The van der Waals surface area contributed by atoms with E-state index in [2.05, 4.69) is 13.8 Å². The predicted octanol–water partition coefficient (Wildman–Crippen LogP) is 4.34. The number of aromatic hydroxyl groups is 1. The summed E-state index contributed by atoms with van der Waals surface area (Å²) >= 11 is 0. The fraction of sp³-hybridized carbons (Fsp3) is 0.429. The topological polar surface area (TPSA) is 106 Å². The molecule has 0 aliphatic carbocycles. The van der Waals surface area contributed by atoms with Crippen molar-refractivity contribution in [2.75, 3.05) is 26.9 Å². The van der Waals surface area contributed by atoms with Gasteiger partial charge in [-0.15, -0.1) is 0 Å². The molecule has 192 valence electrons. The van der Waals surface area contributed by atoms with Crippen LogP contribution in [0, 0.1) is 12.8 Å². The number of phenolic OH excluding ortho intramolecular Hbond substituents is 1. The van der Waals surface area contributed by atoms with E-state index >= 15 is 0 Å². The van der Waals surface area contributed by atoms with Gasteiger partial charge in [0, 0.05) is 18.7 Å². The quantitative estimate of drug-likeness (QED) is 0.319. The van der Waals surface area contributed by atoms with Gasteiger partial charge < -0.3 is 29.3 Å². The summed E-state index contributed by atoms with van der Waals surface area (Å²) in [7, 11) is 1.44. The third-order valence-corrected chi connectivity index (χ3v) is 6.50. The lowest BCUT2D eigenvalue weighted by Gasteiger charge is -2.27. The van der Waals surface area contributed by atoms with Gasteiger partial charge in [-0.2, -0.15) is 0 Å². The molecule has 0 radical (unpaired) electrons. The van der Waals surface area contributed by atoms with E-state index in [1.165, 1.54) is 18.1 Å². The van der Waals surface area contributed by atoms with Crippen molar-refractivity contribution in [2.45, 2.75) is 45.8 Å². The molecule has 4 rings (SSSR count). The van der Waals surface area contributed by atoms with Gasteiger partial charge in [-0.3, -0.25) is 9.59 Å². The van der Waals surface area contributed by atoms with E-state index in [1.54, 1.807) is 30.3 Å². The van der Waals surface area contributed by atoms with Crippen LogP contribution in [0.25, 0.3) is 5.76 Å². The van der Waals surface area contributed by atoms with E-state index in [1.807, 2.05) is 6.92 Å². The maximum absolute atomic E-state index is 13.3. The number of rotatable bonds is 8. The van der Waals surface area contributed by atoms with Crippen LogP contribution in [0.15, 0.2) is 42.0 Å². The van der Waals surface area contributed by atoms with Gasteiger partial charge in [0.05, 0.1) is 31.4 Å². The Hall–Kier alpha value is -3.52. The minimum atomic E-state index is -0.886. The summed E-state index contributed by atoms with van der Waals surface area (Å²) in [5, 5.41) is 21.8. The van der Waals surface area contributed by atoms with Crippen molar-refractivity contribution in [3.05, 3.63) is 58.7 Å². The van der Waals surface area contributed by atoms with Crippen molar-refractivity contribution in [1.82, 2.24) is 4.90 Å². The first-order valence-electron chi connectivity index (χ1n) is 12.2. The Balaban J connectivity index is 1.78. The fourth-order valence-corrected chi connectivity index (χ4v) is 4.67. The number of amides is 1. The molecule has 2 aromatic rings. The van der Waals surface area contributed by atoms with E-state index in [9.17, 15) is 19.8 Å². The number of methoxy groups -OCH3 is 1. The molecule has 36 heavy (non-hydrogen) atoms. The van der Waals surface area contributed by atoms with E-state index in [0.717, 1.165) is 18.4 Å². The van der Waals surface area contributed by atoms with Gasteiger partial charge in [0.25, 0.3) is 11.7 Å². The maximum atomic E-state index is 13.3. The largest absolute Gasteiger partial charge is 0.507 e. The average molecular weight is 496 g/mol. The second-order valence-corrected chi connectivity index (χ2v) is 9.70. The number of aryl methyl sites for hydroxylation is 1. The number of nitrogens with zero attached hydrogens (tertiary/aromatic N) is 1. The smallest absolute Gasteiger partial charge is 0.295 e. The summed E-state index contributed by atoms with van der Waals surface area (Å²) in [6.45, 7) is 7.35. The van der Waals surface area contributed by atoms with Crippen molar-refractivity contribution < 1.29 is 34.0 Å². The van der Waals surface area contributed by atoms with Gasteiger partial charge in [0.2, 0.25) is 0 Å². The Labute approximate surface area is 211 Å². The van der Waals surface area contributed by atoms with Gasteiger partial charge in [0.1, 0.15) is 11.5 Å². The Bertz CT molecular complexity index is 1180. The number of carbonyl (C=O) groups is 2. The first kappa shape index (κ1) is 25.6. The van der Waals surface area contributed by atoms with Crippen molar-refractivity contribution in [1.29, 1.82) is 0 Å². The SMILES string of the molecule is COc1ccc(C2/C(=C(/O)c3ccc(OCC(C)C)c(C)c3)C(=O)C(=O)N2CC2CCCO2)cc1O. The number of likely N-dealkylation sites (tertiary alicyclic amines) is 1. The molecule has 2 aliphatic rings. The summed E-state index contributed by atoms with van der Waals surface area (Å²) in [5.74, 6) is -0.567. The number of aliphatic hydroxyl groups excluding tert-OH is 1. The highest BCUT2D eigenvalue weighted by molar-refractivity contribution is 6.46. The number of benzene rings is 2. The Morgan fingerprint density at radius 1 is 1.17 bits per heavy atom. The van der Waals surface area contributed by atoms with Gasteiger partial charge in [-0.05, 0) is 67.1 Å². The van der Waals surface area contributed by atoms with Gasteiger partial charge in [-0.1, -0.05) is 19.9 Å². The average Bonchev–Trinajstić information content (AvgIpc) is 3.45. The molecular formula is C28H33NO7. The minimum Gasteiger partial charge on any atom is -0.507 e. The highest BCUT2D eigenvalue weighted by Gasteiger charge is 2.47. The number of phenols is 1. The van der Waals surface area contributed by atoms with E-state index < -0.39 is 17.7 Å². The van der Waals surface area contributed by atoms with Crippen LogP contribution in [0.4, 0.5) is 0 Å². The Morgan fingerprint density at radius 3 is 2.53 bits per heavy atom. The number of carbonyl (C=O) groups excluding carboxylic acids is 2. The van der Waals surface area contributed by atoms with E-state index in [4.69, 9.17) is 14.2 Å². The number of ketones is 1. The molecule has 1 amide bonds. The molecule has 2 N–H and O–H groups in total. The molecular weight excluding hydrogens is 462 g/mol. The minimum absolute atomic E-state index is 0.0298. The van der Waals surface area contributed by atoms with Crippen molar-refractivity contribution >= 4 is 17.4 Å². The van der Waals surface area contributed by atoms with Crippen molar-refractivity contribution in [3.8, 4) is 17.2 Å². The van der Waals surface area contributed by atoms with Gasteiger partial charge in [-0.25, -0.2) is 0 Å². The van der Waals surface area contributed by atoms with Crippen LogP contribution in [0.1, 0.15) is 49.4 Å². The first-order valence-corrected chi connectivity index (χ1v) is 12.2. The van der Waals surface area contributed by atoms with E-state index in [-0.39, 0.29) is 35.5 Å². The molecule has 8 heteroatoms. The van der Waals surface area contributed by atoms with Gasteiger partial charge >= 0.3 is 0 Å². The van der Waals surface area contributed by atoms with Crippen LogP contribution in [-0.2, 0) is 14.3 Å². The van der Waals surface area contributed by atoms with Crippen molar-refractivity contribution in [2.24, 2.45) is 5.92 Å². The molecule has 2 atom stereocenters. The maximum Gasteiger partial charge on any atom is 0.295 e. The molecule has 2 aromatic carbocycles. The van der Waals surface area contributed by atoms with Gasteiger partial charge in [0.15, 0.2) is 11.5 Å². The van der Waals surface area contributed by atoms with Crippen LogP contribution in [0.3, 0.4) is 0 Å². The molecule has 0 spiro atoms. The number of hydrogen-bond donors (Lipinski definition) is 2. The Kier molecular flexibility index (Phi) is 7.54. The molecule has 2 unspecified atom stereocenters. The van der Waals surface area contributed by atoms with Crippen LogP contribution >= 0.6 is 0 Å². The second kappa shape index (κ2) is 10.6. The summed E-state index contributed by atoms with van der Waals surface area (Å²) in [6.07, 6.45) is 1.46. The number of hydrogen-bond acceptors (Lipinski definition) is 7. The summed E-state index contributed by atoms with van der Waals surface area (Å²) in [4.78, 5) is 27.9. The molecule has 0 bridgehead atoms. The molecule has 2 aliphatic heterocycles. The number of Topliss-reactive ketones (excluding diaryl/α,β-unsaturated/α-hetero) is 1. The van der Waals surface area contributed by atoms with Crippen molar-refractivity contribution in [3.63, 3.8) is 0 Å². The number of ether oxygens (including phenoxy) is 3. The summed E-state index contributed by atoms with van der Waals surface area (Å²) < 4.78 is 16.7. The van der Waals surface area contributed by atoms with Crippen LogP contribution in [-0.4, -0.2) is 59.8 Å². The third-order valence-electron chi connectivity index (χ3n) is 6.50. The molecule has 0 saturated carbocycles. The fourth-order valence-electron chi connectivity index (χ4n) is 4.67. The molecule has 8 nitrogen and oxygen atoms in total. The first-order chi connectivity index (χ1) is 17.2. The van der Waals surface area contributed by atoms with E-state index in [0.29, 0.717) is 36.0 Å². The zero-order valence-corrected chi connectivity index (χ0v) is 21.1.